The summed E-state index contributed by atoms with van der Waals surface area (Å²) < 4.78 is 25.6. The van der Waals surface area contributed by atoms with Gasteiger partial charge in [0.15, 0.2) is 0 Å². The molecule has 1 aliphatic carbocycles. The van der Waals surface area contributed by atoms with Crippen molar-refractivity contribution in [3.63, 3.8) is 0 Å². The third-order valence-corrected chi connectivity index (χ3v) is 5.92. The van der Waals surface area contributed by atoms with Crippen molar-refractivity contribution in [3.05, 3.63) is 24.3 Å². The molecule has 2 fully saturated rings. The number of fused-ring (bicyclic) bond motifs is 2. The standard InChI is InChI=1S/C15H21N3O3S2/c1-22-12-5-3-11(4-6-12)16-15(19)18-9-10-7-13(14(18)8-10)17-23(2,20)21/h3-6,10,13-14,17H,7-9H2,1-2H3,(H,16,19)/t10-,13+,14-/m1/s1. The molecule has 6 nitrogen and oxygen atoms in total. The van der Waals surface area contributed by atoms with Gasteiger partial charge in [0.1, 0.15) is 0 Å². The lowest BCUT2D eigenvalue weighted by Gasteiger charge is -2.33. The van der Waals surface area contributed by atoms with Crippen LogP contribution in [0.2, 0.25) is 0 Å². The summed E-state index contributed by atoms with van der Waals surface area (Å²) in [7, 11) is -3.26. The van der Waals surface area contributed by atoms with Crippen LogP contribution in [0.15, 0.2) is 29.2 Å². The summed E-state index contributed by atoms with van der Waals surface area (Å²) in [4.78, 5) is 15.4. The lowest BCUT2D eigenvalue weighted by Crippen LogP contribution is -2.52. The van der Waals surface area contributed by atoms with Crippen molar-refractivity contribution < 1.29 is 13.2 Å². The van der Waals surface area contributed by atoms with Gasteiger partial charge in [-0.3, -0.25) is 0 Å². The molecule has 1 heterocycles. The number of amides is 2. The van der Waals surface area contributed by atoms with Crippen LogP contribution in [0.4, 0.5) is 10.5 Å². The average Bonchev–Trinajstić information content (AvgIpc) is 3.06. The van der Waals surface area contributed by atoms with E-state index in [1.54, 1.807) is 16.7 Å². The maximum atomic E-state index is 12.5. The first kappa shape index (κ1) is 16.6. The van der Waals surface area contributed by atoms with Gasteiger partial charge in [0.25, 0.3) is 0 Å². The third kappa shape index (κ3) is 3.81. The minimum absolute atomic E-state index is 0.0554. The highest BCUT2D eigenvalue weighted by atomic mass is 32.2. The summed E-state index contributed by atoms with van der Waals surface area (Å²) >= 11 is 1.65. The van der Waals surface area contributed by atoms with Gasteiger partial charge in [0.05, 0.1) is 12.3 Å². The first-order valence-corrected chi connectivity index (χ1v) is 10.7. The molecule has 2 N–H and O–H groups in total. The van der Waals surface area contributed by atoms with Crippen molar-refractivity contribution in [2.45, 2.75) is 29.8 Å². The Hall–Kier alpha value is -1.25. The number of rotatable bonds is 4. The van der Waals surface area contributed by atoms with Gasteiger partial charge in [-0.1, -0.05) is 0 Å². The van der Waals surface area contributed by atoms with Crippen molar-refractivity contribution in [2.75, 3.05) is 24.4 Å². The quantitative estimate of drug-likeness (QED) is 0.809. The van der Waals surface area contributed by atoms with E-state index in [0.717, 1.165) is 29.7 Å². The number of piperidine rings is 1. The molecule has 2 aliphatic rings. The van der Waals surface area contributed by atoms with Gasteiger partial charge in [0.2, 0.25) is 10.0 Å². The van der Waals surface area contributed by atoms with Gasteiger partial charge in [-0.2, -0.15) is 0 Å². The zero-order valence-electron chi connectivity index (χ0n) is 13.2. The third-order valence-electron chi connectivity index (χ3n) is 4.45. The second-order valence-corrected chi connectivity index (χ2v) is 8.87. The molecule has 1 aliphatic heterocycles. The molecule has 2 amide bonds. The SMILES string of the molecule is CSc1ccc(NC(=O)N2C[C@@H]3C[C@H](NS(C)(=O)=O)[C@H]2C3)cc1. The molecule has 23 heavy (non-hydrogen) atoms. The number of thioether (sulfide) groups is 1. The lowest BCUT2D eigenvalue weighted by atomic mass is 10.1. The highest BCUT2D eigenvalue weighted by Crippen LogP contribution is 2.38. The largest absolute Gasteiger partial charge is 0.322 e. The van der Waals surface area contributed by atoms with Crippen molar-refractivity contribution in [1.29, 1.82) is 0 Å². The molecule has 3 rings (SSSR count). The van der Waals surface area contributed by atoms with Crippen LogP contribution in [-0.4, -0.2) is 50.5 Å². The maximum Gasteiger partial charge on any atom is 0.322 e. The van der Waals surface area contributed by atoms with Crippen LogP contribution in [0.3, 0.4) is 0 Å². The fraction of sp³-hybridized carbons (Fsp3) is 0.533. The molecule has 0 unspecified atom stereocenters. The Balaban J connectivity index is 1.65. The van der Waals surface area contributed by atoms with Crippen molar-refractivity contribution >= 4 is 33.5 Å². The molecule has 2 bridgehead atoms. The van der Waals surface area contributed by atoms with Gasteiger partial charge in [-0.05, 0) is 49.3 Å². The Bertz CT molecular complexity index is 690. The van der Waals surface area contributed by atoms with Gasteiger partial charge < -0.3 is 10.2 Å². The number of hydrogen-bond donors (Lipinski definition) is 2. The molecule has 1 saturated carbocycles. The molecule has 1 saturated heterocycles. The minimum atomic E-state index is -3.26. The zero-order chi connectivity index (χ0) is 16.6. The van der Waals surface area contributed by atoms with Crippen molar-refractivity contribution in [2.24, 2.45) is 5.92 Å². The van der Waals surface area contributed by atoms with Crippen molar-refractivity contribution in [1.82, 2.24) is 9.62 Å². The summed E-state index contributed by atoms with van der Waals surface area (Å²) in [6, 6.07) is 7.30. The molecule has 0 aromatic heterocycles. The number of urea groups is 1. The number of hydrogen-bond acceptors (Lipinski definition) is 4. The average molecular weight is 355 g/mol. The highest BCUT2D eigenvalue weighted by molar-refractivity contribution is 7.98. The van der Waals surface area contributed by atoms with E-state index in [0.29, 0.717) is 12.5 Å². The van der Waals surface area contributed by atoms with Crippen LogP contribution in [0.5, 0.6) is 0 Å². The lowest BCUT2D eigenvalue weighted by molar-refractivity contribution is 0.183. The summed E-state index contributed by atoms with van der Waals surface area (Å²) in [6.07, 6.45) is 4.84. The highest BCUT2D eigenvalue weighted by Gasteiger charge is 2.47. The molecule has 8 heteroatoms. The number of carbonyl (C=O) groups is 1. The van der Waals surface area contributed by atoms with E-state index in [9.17, 15) is 13.2 Å². The fourth-order valence-electron chi connectivity index (χ4n) is 3.53. The van der Waals surface area contributed by atoms with Crippen LogP contribution in [0.1, 0.15) is 12.8 Å². The summed E-state index contributed by atoms with van der Waals surface area (Å²) in [5.74, 6) is 0.379. The number of likely N-dealkylation sites (tertiary alicyclic amines) is 1. The molecule has 0 spiro atoms. The van der Waals surface area contributed by atoms with E-state index in [1.807, 2.05) is 30.5 Å². The van der Waals surface area contributed by atoms with Crippen LogP contribution in [0, 0.1) is 5.92 Å². The number of sulfonamides is 1. The van der Waals surface area contributed by atoms with Crippen LogP contribution in [0.25, 0.3) is 0 Å². The number of anilines is 1. The minimum Gasteiger partial charge on any atom is -0.320 e. The van der Waals surface area contributed by atoms with Gasteiger partial charge in [0, 0.05) is 23.2 Å². The second kappa shape index (κ2) is 6.33. The Morgan fingerprint density at radius 3 is 2.52 bits per heavy atom. The number of carbonyl (C=O) groups excluding carboxylic acids is 1. The van der Waals surface area contributed by atoms with Crippen LogP contribution >= 0.6 is 11.8 Å². The topological polar surface area (TPSA) is 78.5 Å². The van der Waals surface area contributed by atoms with Crippen LogP contribution in [-0.2, 0) is 10.0 Å². The molecule has 3 atom stereocenters. The molecular weight excluding hydrogens is 334 g/mol. The Kier molecular flexibility index (Phi) is 4.57. The first-order valence-electron chi connectivity index (χ1n) is 7.54. The Morgan fingerprint density at radius 1 is 1.26 bits per heavy atom. The molecular formula is C15H21N3O3S2. The predicted molar refractivity (Wildman–Crippen MR) is 92.2 cm³/mol. The Morgan fingerprint density at radius 2 is 1.96 bits per heavy atom. The monoisotopic (exact) mass is 355 g/mol. The fourth-order valence-corrected chi connectivity index (χ4v) is 4.74. The van der Waals surface area contributed by atoms with E-state index >= 15 is 0 Å². The summed E-state index contributed by atoms with van der Waals surface area (Å²) in [6.45, 7) is 0.696. The van der Waals surface area contributed by atoms with E-state index in [2.05, 4.69) is 10.0 Å². The maximum absolute atomic E-state index is 12.5. The van der Waals surface area contributed by atoms with E-state index < -0.39 is 10.0 Å². The predicted octanol–water partition coefficient (Wildman–Crippen LogP) is 1.95. The van der Waals surface area contributed by atoms with Gasteiger partial charge in [-0.25, -0.2) is 17.9 Å². The van der Waals surface area contributed by atoms with E-state index in [-0.39, 0.29) is 18.1 Å². The number of nitrogens with one attached hydrogen (secondary N) is 2. The molecule has 0 radical (unpaired) electrons. The zero-order valence-corrected chi connectivity index (χ0v) is 14.8. The van der Waals surface area contributed by atoms with Crippen molar-refractivity contribution in [3.8, 4) is 0 Å². The van der Waals surface area contributed by atoms with E-state index in [1.165, 1.54) is 0 Å². The first-order chi connectivity index (χ1) is 10.9. The molecule has 1 aromatic carbocycles. The van der Waals surface area contributed by atoms with Gasteiger partial charge in [-0.15, -0.1) is 11.8 Å². The number of benzene rings is 1. The smallest absolute Gasteiger partial charge is 0.320 e. The summed E-state index contributed by atoms with van der Waals surface area (Å²) in [5.41, 5.74) is 0.753. The second-order valence-electron chi connectivity index (χ2n) is 6.21. The van der Waals surface area contributed by atoms with E-state index in [4.69, 9.17) is 0 Å². The normalized spacial score (nSPS) is 26.5. The number of nitrogens with zero attached hydrogens (tertiary/aromatic N) is 1. The Labute approximate surface area is 141 Å². The molecule has 1 aromatic rings. The van der Waals surface area contributed by atoms with Crippen LogP contribution < -0.4 is 10.0 Å². The van der Waals surface area contributed by atoms with Gasteiger partial charge >= 0.3 is 6.03 Å². The molecule has 126 valence electrons. The summed E-state index contributed by atoms with van der Waals surface area (Å²) in [5, 5.41) is 2.90.